The third-order valence-electron chi connectivity index (χ3n) is 6.27. The summed E-state index contributed by atoms with van der Waals surface area (Å²) in [5.74, 6) is 0.828. The minimum absolute atomic E-state index is 0.355. The highest BCUT2D eigenvalue weighted by atomic mass is 16.5. The molecule has 2 aliphatic rings. The predicted octanol–water partition coefficient (Wildman–Crippen LogP) is 2.08. The minimum Gasteiger partial charge on any atom is -0.392 e. The van der Waals surface area contributed by atoms with Crippen molar-refractivity contribution in [1.82, 2.24) is 15.0 Å². The molecule has 0 saturated carbocycles. The van der Waals surface area contributed by atoms with Crippen molar-refractivity contribution in [2.45, 2.75) is 26.0 Å². The minimum atomic E-state index is -0.355. The van der Waals surface area contributed by atoms with E-state index in [1.807, 2.05) is 25.1 Å². The molecule has 4 rings (SSSR count). The lowest BCUT2D eigenvalue weighted by Gasteiger charge is -2.32. The van der Waals surface area contributed by atoms with Gasteiger partial charge in [0, 0.05) is 57.9 Å². The third kappa shape index (κ3) is 6.08. The smallest absolute Gasteiger partial charge is 0.232 e. The molecule has 2 fully saturated rings. The van der Waals surface area contributed by atoms with Crippen LogP contribution in [0, 0.1) is 0 Å². The molecule has 2 aromatic rings. The Bertz CT molecular complexity index is 804. The van der Waals surface area contributed by atoms with Crippen molar-refractivity contribution in [3.05, 3.63) is 35.9 Å². The van der Waals surface area contributed by atoms with Crippen LogP contribution in [-0.2, 0) is 16.0 Å². The Morgan fingerprint density at radius 2 is 1.72 bits per heavy atom. The third-order valence-corrected chi connectivity index (χ3v) is 6.27. The van der Waals surface area contributed by atoms with Crippen LogP contribution in [-0.4, -0.2) is 98.4 Å². The summed E-state index contributed by atoms with van der Waals surface area (Å²) in [6.45, 7) is 11.7. The van der Waals surface area contributed by atoms with Crippen LogP contribution < -0.4 is 4.90 Å². The van der Waals surface area contributed by atoms with Crippen LogP contribution in [0.15, 0.2) is 34.9 Å². The molecular formula is C24H36N4O4. The largest absolute Gasteiger partial charge is 0.392 e. The zero-order valence-electron chi connectivity index (χ0n) is 19.1. The number of aliphatic hydroxyl groups is 1. The van der Waals surface area contributed by atoms with Gasteiger partial charge in [0.25, 0.3) is 0 Å². The summed E-state index contributed by atoms with van der Waals surface area (Å²) in [4.78, 5) is 7.00. The monoisotopic (exact) mass is 444 g/mol. The Morgan fingerprint density at radius 3 is 2.41 bits per heavy atom. The van der Waals surface area contributed by atoms with Gasteiger partial charge in [0.15, 0.2) is 0 Å². The first-order valence-corrected chi connectivity index (χ1v) is 11.8. The highest BCUT2D eigenvalue weighted by Gasteiger charge is 2.26. The molecule has 0 unspecified atom stereocenters. The Balaban J connectivity index is 1.57. The van der Waals surface area contributed by atoms with Gasteiger partial charge in [-0.3, -0.25) is 9.80 Å². The van der Waals surface area contributed by atoms with E-state index >= 15 is 0 Å². The molecule has 8 nitrogen and oxygen atoms in total. The average molecular weight is 445 g/mol. The SMILES string of the molecule is CC[C@H](O)CN(CCN1CCOCC1)Cc1c(-c2ccccc2)noc1N1CCOCC1. The van der Waals surface area contributed by atoms with E-state index in [9.17, 15) is 5.11 Å². The van der Waals surface area contributed by atoms with Crippen molar-refractivity contribution in [1.29, 1.82) is 0 Å². The van der Waals surface area contributed by atoms with Gasteiger partial charge >= 0.3 is 0 Å². The molecule has 0 aliphatic carbocycles. The molecule has 32 heavy (non-hydrogen) atoms. The van der Waals surface area contributed by atoms with Crippen molar-refractivity contribution in [2.75, 3.05) is 77.1 Å². The highest BCUT2D eigenvalue weighted by molar-refractivity contribution is 5.68. The number of hydrogen-bond acceptors (Lipinski definition) is 8. The quantitative estimate of drug-likeness (QED) is 0.597. The number of aromatic nitrogens is 1. The molecule has 1 atom stereocenters. The van der Waals surface area contributed by atoms with Gasteiger partial charge in [-0.25, -0.2) is 0 Å². The second-order valence-electron chi connectivity index (χ2n) is 8.53. The lowest BCUT2D eigenvalue weighted by Crippen LogP contribution is -2.43. The van der Waals surface area contributed by atoms with Gasteiger partial charge in [-0.05, 0) is 6.42 Å². The van der Waals surface area contributed by atoms with Crippen LogP contribution in [0.5, 0.6) is 0 Å². The molecule has 2 saturated heterocycles. The first-order chi connectivity index (χ1) is 15.7. The summed E-state index contributed by atoms with van der Waals surface area (Å²) >= 11 is 0. The van der Waals surface area contributed by atoms with Crippen molar-refractivity contribution in [3.63, 3.8) is 0 Å². The van der Waals surface area contributed by atoms with E-state index in [0.29, 0.717) is 26.3 Å². The van der Waals surface area contributed by atoms with E-state index in [2.05, 4.69) is 32.0 Å². The van der Waals surface area contributed by atoms with E-state index in [-0.39, 0.29) is 6.10 Å². The number of hydrogen-bond donors (Lipinski definition) is 1. The summed E-state index contributed by atoms with van der Waals surface area (Å²) < 4.78 is 17.0. The van der Waals surface area contributed by atoms with Crippen molar-refractivity contribution in [3.8, 4) is 11.3 Å². The van der Waals surface area contributed by atoms with Crippen molar-refractivity contribution >= 4 is 5.88 Å². The standard InChI is InChI=1S/C24H36N4O4/c1-2-21(29)18-27(9-8-26-10-14-30-15-11-26)19-22-23(20-6-4-3-5-7-20)25-32-24(22)28-12-16-31-17-13-28/h3-7,21,29H,2,8-19H2,1H3/t21-/m0/s1. The number of ether oxygens (including phenoxy) is 2. The van der Waals surface area contributed by atoms with Crippen LogP contribution in [0.1, 0.15) is 18.9 Å². The van der Waals surface area contributed by atoms with Crippen LogP contribution in [0.3, 0.4) is 0 Å². The Morgan fingerprint density at radius 1 is 1.03 bits per heavy atom. The topological polar surface area (TPSA) is 74.4 Å². The van der Waals surface area contributed by atoms with Crippen LogP contribution in [0.2, 0.25) is 0 Å². The van der Waals surface area contributed by atoms with Gasteiger partial charge in [0.2, 0.25) is 5.88 Å². The maximum atomic E-state index is 10.5. The molecule has 1 aromatic heterocycles. The van der Waals surface area contributed by atoms with Crippen molar-refractivity contribution in [2.24, 2.45) is 0 Å². The highest BCUT2D eigenvalue weighted by Crippen LogP contribution is 2.33. The van der Waals surface area contributed by atoms with E-state index in [0.717, 1.165) is 81.6 Å². The molecule has 8 heteroatoms. The van der Waals surface area contributed by atoms with E-state index in [4.69, 9.17) is 14.0 Å². The average Bonchev–Trinajstić information content (AvgIpc) is 3.27. The zero-order chi connectivity index (χ0) is 22.2. The predicted molar refractivity (Wildman–Crippen MR) is 124 cm³/mol. The first-order valence-electron chi connectivity index (χ1n) is 11.8. The number of anilines is 1. The van der Waals surface area contributed by atoms with Gasteiger partial charge in [-0.1, -0.05) is 42.4 Å². The fourth-order valence-electron chi connectivity index (χ4n) is 4.27. The molecule has 0 bridgehead atoms. The molecule has 1 aromatic carbocycles. The lowest BCUT2D eigenvalue weighted by molar-refractivity contribution is 0.0290. The van der Waals surface area contributed by atoms with Crippen LogP contribution >= 0.6 is 0 Å². The molecule has 2 aliphatic heterocycles. The summed E-state index contributed by atoms with van der Waals surface area (Å²) in [6, 6.07) is 10.2. The number of benzene rings is 1. The Hall–Kier alpha value is -1.97. The van der Waals surface area contributed by atoms with Gasteiger partial charge in [-0.15, -0.1) is 0 Å². The Labute approximate surface area is 190 Å². The summed E-state index contributed by atoms with van der Waals surface area (Å²) in [7, 11) is 0. The van der Waals surface area contributed by atoms with Crippen LogP contribution in [0.25, 0.3) is 11.3 Å². The summed E-state index contributed by atoms with van der Waals surface area (Å²) in [5, 5.41) is 14.9. The van der Waals surface area contributed by atoms with Gasteiger partial charge < -0.3 is 24.0 Å². The van der Waals surface area contributed by atoms with Gasteiger partial charge in [0.1, 0.15) is 5.69 Å². The molecule has 0 amide bonds. The molecule has 1 N–H and O–H groups in total. The zero-order valence-corrected chi connectivity index (χ0v) is 19.1. The molecule has 0 spiro atoms. The Kier molecular flexibility index (Phi) is 8.53. The fraction of sp³-hybridized carbons (Fsp3) is 0.625. The maximum absolute atomic E-state index is 10.5. The van der Waals surface area contributed by atoms with E-state index < -0.39 is 0 Å². The first kappa shape index (κ1) is 23.2. The summed E-state index contributed by atoms with van der Waals surface area (Å²) in [5.41, 5.74) is 3.02. The second kappa shape index (κ2) is 11.8. The molecule has 0 radical (unpaired) electrons. The lowest BCUT2D eigenvalue weighted by atomic mass is 10.1. The van der Waals surface area contributed by atoms with Gasteiger partial charge in [-0.2, -0.15) is 0 Å². The van der Waals surface area contributed by atoms with Crippen LogP contribution in [0.4, 0.5) is 5.88 Å². The normalized spacial score (nSPS) is 18.9. The van der Waals surface area contributed by atoms with Crippen molar-refractivity contribution < 1.29 is 19.1 Å². The fourth-order valence-corrected chi connectivity index (χ4v) is 4.27. The number of aliphatic hydroxyl groups excluding tert-OH is 1. The number of nitrogens with zero attached hydrogens (tertiary/aromatic N) is 4. The number of rotatable bonds is 10. The van der Waals surface area contributed by atoms with Gasteiger partial charge in [0.05, 0.1) is 38.1 Å². The molecule has 3 heterocycles. The van der Waals surface area contributed by atoms with E-state index in [1.165, 1.54) is 0 Å². The number of morpholine rings is 2. The summed E-state index contributed by atoms with van der Waals surface area (Å²) in [6.07, 6.45) is 0.381. The van der Waals surface area contributed by atoms with E-state index in [1.54, 1.807) is 0 Å². The molecular weight excluding hydrogens is 408 g/mol. The second-order valence-corrected chi connectivity index (χ2v) is 8.53. The molecule has 176 valence electrons. The maximum Gasteiger partial charge on any atom is 0.232 e.